The second-order valence-corrected chi connectivity index (χ2v) is 4.58. The Morgan fingerprint density at radius 2 is 1.86 bits per heavy atom. The molecule has 0 aliphatic rings. The summed E-state index contributed by atoms with van der Waals surface area (Å²) in [7, 11) is 0. The number of ether oxygens (including phenoxy) is 1. The van der Waals surface area contributed by atoms with Crippen LogP contribution in [-0.4, -0.2) is 0 Å². The molecule has 3 rings (SSSR count). The van der Waals surface area contributed by atoms with E-state index in [0.29, 0.717) is 28.0 Å². The molecule has 0 radical (unpaired) electrons. The molecule has 0 spiro atoms. The van der Waals surface area contributed by atoms with E-state index in [1.807, 2.05) is 37.3 Å². The quantitative estimate of drug-likeness (QED) is 0.699. The Balaban J connectivity index is 2.17. The van der Waals surface area contributed by atoms with Crippen molar-refractivity contribution in [3.05, 3.63) is 59.4 Å². The van der Waals surface area contributed by atoms with Crippen LogP contribution in [0.25, 0.3) is 11.0 Å². The van der Waals surface area contributed by atoms with Crippen LogP contribution in [0.15, 0.2) is 46.9 Å². The highest BCUT2D eigenvalue weighted by atomic mass is 16.5. The Kier molecular flexibility index (Phi) is 3.06. The summed E-state index contributed by atoms with van der Waals surface area (Å²) in [5, 5.41) is 19.1. The van der Waals surface area contributed by atoms with Gasteiger partial charge in [-0.25, -0.2) is 0 Å². The molecule has 0 bridgehead atoms. The van der Waals surface area contributed by atoms with E-state index in [4.69, 9.17) is 14.4 Å². The predicted molar refractivity (Wildman–Crippen MR) is 76.9 cm³/mol. The van der Waals surface area contributed by atoms with E-state index < -0.39 is 0 Å². The second-order valence-electron chi connectivity index (χ2n) is 4.58. The molecule has 0 aliphatic heterocycles. The van der Waals surface area contributed by atoms with Crippen molar-refractivity contribution in [1.82, 2.24) is 0 Å². The van der Waals surface area contributed by atoms with Crippen molar-refractivity contribution in [3.63, 3.8) is 0 Å². The van der Waals surface area contributed by atoms with Crippen LogP contribution in [0.1, 0.15) is 16.9 Å². The fraction of sp³-hybridized carbons (Fsp3) is 0.0588. The number of nitriles is 2. The molecule has 3 aromatic rings. The number of benzene rings is 2. The lowest BCUT2D eigenvalue weighted by molar-refractivity contribution is 0.465. The first-order chi connectivity index (χ1) is 10.2. The topological polar surface area (TPSA) is 69.9 Å². The maximum absolute atomic E-state index is 9.19. The van der Waals surface area contributed by atoms with Crippen molar-refractivity contribution in [2.24, 2.45) is 0 Å². The summed E-state index contributed by atoms with van der Waals surface area (Å²) in [6.07, 6.45) is 0. The van der Waals surface area contributed by atoms with Crippen molar-refractivity contribution in [2.75, 3.05) is 0 Å². The predicted octanol–water partition coefficient (Wildman–Crippen LogP) is 4.28. The normalized spacial score (nSPS) is 10.0. The highest BCUT2D eigenvalue weighted by Gasteiger charge is 2.17. The molecule has 2 aromatic carbocycles. The summed E-state index contributed by atoms with van der Waals surface area (Å²) in [5.41, 5.74) is 1.96. The molecule has 0 fully saturated rings. The minimum Gasteiger partial charge on any atom is -0.450 e. The zero-order valence-electron chi connectivity index (χ0n) is 11.3. The number of hydrogen-bond donors (Lipinski definition) is 0. The van der Waals surface area contributed by atoms with E-state index >= 15 is 0 Å². The largest absolute Gasteiger partial charge is 0.450 e. The molecule has 4 nitrogen and oxygen atoms in total. The van der Waals surface area contributed by atoms with Crippen LogP contribution in [0.5, 0.6) is 11.5 Å². The molecule has 21 heavy (non-hydrogen) atoms. The van der Waals surface area contributed by atoms with Crippen LogP contribution < -0.4 is 4.74 Å². The van der Waals surface area contributed by atoms with Crippen LogP contribution in [0.2, 0.25) is 0 Å². The lowest BCUT2D eigenvalue weighted by atomic mass is 10.1. The summed E-state index contributed by atoms with van der Waals surface area (Å²) in [6, 6.07) is 16.6. The smallest absolute Gasteiger partial charge is 0.247 e. The summed E-state index contributed by atoms with van der Waals surface area (Å²) in [6.45, 7) is 1.91. The Morgan fingerprint density at radius 1 is 1.05 bits per heavy atom. The number of fused-ring (bicyclic) bond motifs is 1. The van der Waals surface area contributed by atoms with Crippen molar-refractivity contribution in [1.29, 1.82) is 10.5 Å². The maximum atomic E-state index is 9.19. The van der Waals surface area contributed by atoms with Gasteiger partial charge in [0.05, 0.1) is 10.9 Å². The van der Waals surface area contributed by atoms with Gasteiger partial charge in [0.25, 0.3) is 0 Å². The van der Waals surface area contributed by atoms with Gasteiger partial charge >= 0.3 is 0 Å². The van der Waals surface area contributed by atoms with E-state index in [1.165, 1.54) is 0 Å². The van der Waals surface area contributed by atoms with E-state index in [1.54, 1.807) is 18.2 Å². The molecule has 0 aliphatic carbocycles. The third-order valence-corrected chi connectivity index (χ3v) is 3.12. The standard InChI is InChI=1S/C17H10N2O2/c1-11-6-7-12(9-18)15(8-11)21-17-13-4-2-3-5-14(13)20-16(17)10-19/h2-8H,1H3. The first-order valence-corrected chi connectivity index (χ1v) is 6.33. The van der Waals surface area contributed by atoms with Gasteiger partial charge in [0.15, 0.2) is 5.75 Å². The summed E-state index contributed by atoms with van der Waals surface area (Å²) in [4.78, 5) is 0. The Labute approximate surface area is 121 Å². The van der Waals surface area contributed by atoms with Gasteiger partial charge in [-0.3, -0.25) is 0 Å². The average molecular weight is 274 g/mol. The fourth-order valence-electron chi connectivity index (χ4n) is 2.11. The number of rotatable bonds is 2. The van der Waals surface area contributed by atoms with Crippen LogP contribution in [-0.2, 0) is 0 Å². The fourth-order valence-corrected chi connectivity index (χ4v) is 2.11. The average Bonchev–Trinajstić information content (AvgIpc) is 2.86. The summed E-state index contributed by atoms with van der Waals surface area (Å²) >= 11 is 0. The lowest BCUT2D eigenvalue weighted by Crippen LogP contribution is -1.90. The highest BCUT2D eigenvalue weighted by Crippen LogP contribution is 2.37. The number of aryl methyl sites for hydroxylation is 1. The lowest BCUT2D eigenvalue weighted by Gasteiger charge is -2.07. The third-order valence-electron chi connectivity index (χ3n) is 3.12. The van der Waals surface area contributed by atoms with E-state index in [9.17, 15) is 5.26 Å². The van der Waals surface area contributed by atoms with Crippen molar-refractivity contribution in [3.8, 4) is 23.6 Å². The van der Waals surface area contributed by atoms with Crippen molar-refractivity contribution in [2.45, 2.75) is 6.92 Å². The van der Waals surface area contributed by atoms with Crippen molar-refractivity contribution >= 4 is 11.0 Å². The zero-order valence-corrected chi connectivity index (χ0v) is 11.3. The van der Waals surface area contributed by atoms with E-state index in [2.05, 4.69) is 6.07 Å². The summed E-state index contributed by atoms with van der Waals surface area (Å²) in [5.74, 6) is 0.859. The molecular weight excluding hydrogens is 264 g/mol. The molecule has 0 amide bonds. The van der Waals surface area contributed by atoms with Gasteiger partial charge in [-0.15, -0.1) is 0 Å². The Hall–Kier alpha value is -3.24. The number of nitrogens with zero attached hydrogens (tertiary/aromatic N) is 2. The SMILES string of the molecule is Cc1ccc(C#N)c(Oc2c(C#N)oc3ccccc23)c1. The van der Waals surface area contributed by atoms with Gasteiger partial charge in [0.1, 0.15) is 23.5 Å². The molecule has 1 heterocycles. The minimum absolute atomic E-state index is 0.0987. The number of para-hydroxylation sites is 1. The van der Waals surface area contributed by atoms with Crippen LogP contribution in [0.4, 0.5) is 0 Å². The van der Waals surface area contributed by atoms with Gasteiger partial charge in [-0.1, -0.05) is 18.2 Å². The molecule has 0 saturated carbocycles. The van der Waals surface area contributed by atoms with E-state index in [0.717, 1.165) is 5.56 Å². The van der Waals surface area contributed by atoms with Gasteiger partial charge in [-0.2, -0.15) is 10.5 Å². The van der Waals surface area contributed by atoms with Crippen LogP contribution in [0.3, 0.4) is 0 Å². The molecule has 0 atom stereocenters. The number of hydrogen-bond acceptors (Lipinski definition) is 4. The van der Waals surface area contributed by atoms with Gasteiger partial charge < -0.3 is 9.15 Å². The molecule has 0 N–H and O–H groups in total. The third kappa shape index (κ3) is 2.20. The van der Waals surface area contributed by atoms with Gasteiger partial charge in [0, 0.05) is 0 Å². The molecule has 1 aromatic heterocycles. The Morgan fingerprint density at radius 3 is 2.62 bits per heavy atom. The van der Waals surface area contributed by atoms with E-state index in [-0.39, 0.29) is 5.76 Å². The molecule has 4 heteroatoms. The first-order valence-electron chi connectivity index (χ1n) is 6.33. The highest BCUT2D eigenvalue weighted by molar-refractivity contribution is 5.86. The van der Waals surface area contributed by atoms with Crippen molar-refractivity contribution < 1.29 is 9.15 Å². The minimum atomic E-state index is 0.0987. The number of furan rings is 1. The molecule has 100 valence electrons. The molecular formula is C17H10N2O2. The Bertz CT molecular complexity index is 911. The molecule has 0 unspecified atom stereocenters. The monoisotopic (exact) mass is 274 g/mol. The maximum Gasteiger partial charge on any atom is 0.247 e. The van der Waals surface area contributed by atoms with Gasteiger partial charge in [0.2, 0.25) is 5.76 Å². The second kappa shape index (κ2) is 5.03. The molecule has 0 saturated heterocycles. The van der Waals surface area contributed by atoms with Gasteiger partial charge in [-0.05, 0) is 36.8 Å². The van der Waals surface area contributed by atoms with Crippen LogP contribution in [0, 0.1) is 29.6 Å². The zero-order chi connectivity index (χ0) is 14.8. The summed E-state index contributed by atoms with van der Waals surface area (Å²) < 4.78 is 11.3. The van der Waals surface area contributed by atoms with Crippen LogP contribution >= 0.6 is 0 Å². The first kappa shape index (κ1) is 12.8.